The van der Waals surface area contributed by atoms with Crippen LogP contribution in [0.4, 0.5) is 5.69 Å². The number of hydrogen-bond donors (Lipinski definition) is 1. The number of hydrogen-bond acceptors (Lipinski definition) is 4. The van der Waals surface area contributed by atoms with Crippen molar-refractivity contribution in [2.75, 3.05) is 0 Å². The molecule has 4 nitrogen and oxygen atoms in total. The van der Waals surface area contributed by atoms with Crippen molar-refractivity contribution < 1.29 is 9.90 Å². The van der Waals surface area contributed by atoms with E-state index in [4.69, 9.17) is 5.11 Å². The molecule has 0 spiro atoms. The second-order valence-corrected chi connectivity index (χ2v) is 2.47. The number of ketones is 1. The van der Waals surface area contributed by atoms with Gasteiger partial charge < -0.3 is 5.11 Å². The topological polar surface area (TPSA) is 62.0 Å². The quantitative estimate of drug-likeness (QED) is 0.624. The monoisotopic (exact) mass is 162 g/mol. The normalized spacial score (nSPS) is 20.8. The van der Waals surface area contributed by atoms with Crippen molar-refractivity contribution in [3.63, 3.8) is 0 Å². The van der Waals surface area contributed by atoms with Crippen LogP contribution in [0.3, 0.4) is 0 Å². The number of carbonyl (C=O) groups is 1. The summed E-state index contributed by atoms with van der Waals surface area (Å²) in [5, 5.41) is 16.1. The fourth-order valence-electron chi connectivity index (χ4n) is 1.08. The number of aliphatic hydroxyl groups excluding tert-OH is 1. The molecule has 0 saturated carbocycles. The summed E-state index contributed by atoms with van der Waals surface area (Å²) in [6.45, 7) is 0. The van der Waals surface area contributed by atoms with Crippen molar-refractivity contribution in [3.05, 3.63) is 29.8 Å². The van der Waals surface area contributed by atoms with Crippen molar-refractivity contribution in [2.45, 2.75) is 6.23 Å². The van der Waals surface area contributed by atoms with E-state index in [2.05, 4.69) is 10.2 Å². The number of aliphatic hydroxyl groups is 1. The van der Waals surface area contributed by atoms with Crippen LogP contribution in [-0.2, 0) is 0 Å². The van der Waals surface area contributed by atoms with E-state index >= 15 is 0 Å². The molecule has 1 aromatic rings. The maximum absolute atomic E-state index is 11.2. The first-order valence-electron chi connectivity index (χ1n) is 3.51. The third-order valence-electron chi connectivity index (χ3n) is 1.68. The first-order chi connectivity index (χ1) is 5.79. The van der Waals surface area contributed by atoms with Crippen molar-refractivity contribution in [1.29, 1.82) is 0 Å². The van der Waals surface area contributed by atoms with Crippen LogP contribution in [0, 0.1) is 0 Å². The zero-order valence-electron chi connectivity index (χ0n) is 6.14. The van der Waals surface area contributed by atoms with E-state index in [-0.39, 0.29) is 5.78 Å². The van der Waals surface area contributed by atoms with Crippen molar-refractivity contribution >= 4 is 11.5 Å². The molecule has 1 aliphatic heterocycles. The lowest BCUT2D eigenvalue weighted by Gasteiger charge is -2.10. The van der Waals surface area contributed by atoms with Gasteiger partial charge >= 0.3 is 0 Å². The SMILES string of the molecule is O=C1c2ccccc2N=NC1O. The minimum atomic E-state index is -1.32. The largest absolute Gasteiger partial charge is 0.364 e. The van der Waals surface area contributed by atoms with Gasteiger partial charge in [-0.15, -0.1) is 5.11 Å². The summed E-state index contributed by atoms with van der Waals surface area (Å²) < 4.78 is 0. The number of fused-ring (bicyclic) bond motifs is 1. The highest BCUT2D eigenvalue weighted by Crippen LogP contribution is 2.24. The number of rotatable bonds is 0. The van der Waals surface area contributed by atoms with Crippen LogP contribution in [0.2, 0.25) is 0 Å². The molecule has 2 rings (SSSR count). The van der Waals surface area contributed by atoms with Gasteiger partial charge in [0.1, 0.15) is 0 Å². The summed E-state index contributed by atoms with van der Waals surface area (Å²) in [4.78, 5) is 11.2. The average molecular weight is 162 g/mol. The Morgan fingerprint density at radius 3 is 2.92 bits per heavy atom. The lowest BCUT2D eigenvalue weighted by atomic mass is 10.1. The van der Waals surface area contributed by atoms with E-state index in [1.807, 2.05) is 0 Å². The summed E-state index contributed by atoms with van der Waals surface area (Å²) >= 11 is 0. The number of benzene rings is 1. The Balaban J connectivity index is 2.59. The lowest BCUT2D eigenvalue weighted by molar-refractivity contribution is 0.0743. The number of carbonyl (C=O) groups excluding carboxylic acids is 1. The van der Waals surface area contributed by atoms with E-state index in [1.54, 1.807) is 24.3 Å². The van der Waals surface area contributed by atoms with Crippen LogP contribution in [-0.4, -0.2) is 17.1 Å². The van der Waals surface area contributed by atoms with Gasteiger partial charge in [-0.25, -0.2) is 0 Å². The first-order valence-corrected chi connectivity index (χ1v) is 3.51. The summed E-state index contributed by atoms with van der Waals surface area (Å²) in [5.74, 6) is -0.388. The van der Waals surface area contributed by atoms with Crippen LogP contribution in [0.25, 0.3) is 0 Å². The number of nitrogens with zero attached hydrogens (tertiary/aromatic N) is 2. The van der Waals surface area contributed by atoms with E-state index in [1.165, 1.54) is 0 Å². The fourth-order valence-corrected chi connectivity index (χ4v) is 1.08. The van der Waals surface area contributed by atoms with Gasteiger partial charge in [0, 0.05) is 0 Å². The highest BCUT2D eigenvalue weighted by atomic mass is 16.3. The van der Waals surface area contributed by atoms with E-state index in [9.17, 15) is 4.79 Å². The fraction of sp³-hybridized carbons (Fsp3) is 0.125. The van der Waals surface area contributed by atoms with Gasteiger partial charge in [-0.2, -0.15) is 5.11 Å². The van der Waals surface area contributed by atoms with Gasteiger partial charge in [-0.3, -0.25) is 4.79 Å². The lowest BCUT2D eigenvalue weighted by Crippen LogP contribution is -2.19. The molecule has 0 aliphatic carbocycles. The second-order valence-electron chi connectivity index (χ2n) is 2.47. The highest BCUT2D eigenvalue weighted by molar-refractivity contribution is 6.03. The summed E-state index contributed by atoms with van der Waals surface area (Å²) in [5.41, 5.74) is 0.952. The Labute approximate surface area is 68.6 Å². The third kappa shape index (κ3) is 0.931. The molecule has 0 fully saturated rings. The van der Waals surface area contributed by atoms with Crippen LogP contribution < -0.4 is 0 Å². The van der Waals surface area contributed by atoms with Crippen LogP contribution in [0.5, 0.6) is 0 Å². The molecule has 0 saturated heterocycles. The maximum Gasteiger partial charge on any atom is 0.230 e. The van der Waals surface area contributed by atoms with Crippen LogP contribution >= 0.6 is 0 Å². The molecule has 1 aliphatic rings. The van der Waals surface area contributed by atoms with Gasteiger partial charge in [0.2, 0.25) is 12.0 Å². The molecular formula is C8H6N2O2. The summed E-state index contributed by atoms with van der Waals surface area (Å²) in [7, 11) is 0. The number of azo groups is 1. The summed E-state index contributed by atoms with van der Waals surface area (Å²) in [6.07, 6.45) is -1.32. The molecule has 0 aromatic heterocycles. The zero-order chi connectivity index (χ0) is 8.55. The third-order valence-corrected chi connectivity index (χ3v) is 1.68. The van der Waals surface area contributed by atoms with E-state index < -0.39 is 6.23 Å². The average Bonchev–Trinajstić information content (AvgIpc) is 2.12. The zero-order valence-corrected chi connectivity index (χ0v) is 6.14. The molecule has 60 valence electrons. The van der Waals surface area contributed by atoms with Crippen LogP contribution in [0.15, 0.2) is 34.5 Å². The van der Waals surface area contributed by atoms with E-state index in [0.717, 1.165) is 0 Å². The molecule has 4 heteroatoms. The Kier molecular flexibility index (Phi) is 1.48. The minimum absolute atomic E-state index is 0.388. The Bertz CT molecular complexity index is 360. The van der Waals surface area contributed by atoms with Gasteiger partial charge in [0.25, 0.3) is 0 Å². The standard InChI is InChI=1S/C8H6N2O2/c11-7-5-3-1-2-4-6(5)9-10-8(7)12/h1-4,8,12H. The minimum Gasteiger partial charge on any atom is -0.364 e. The molecule has 1 atom stereocenters. The Morgan fingerprint density at radius 1 is 1.33 bits per heavy atom. The predicted molar refractivity (Wildman–Crippen MR) is 41.3 cm³/mol. The van der Waals surface area contributed by atoms with Crippen LogP contribution in [0.1, 0.15) is 10.4 Å². The van der Waals surface area contributed by atoms with Gasteiger partial charge in [0.05, 0.1) is 11.3 Å². The first kappa shape index (κ1) is 7.12. The molecule has 12 heavy (non-hydrogen) atoms. The molecular weight excluding hydrogens is 156 g/mol. The number of Topliss-reactive ketones (excluding diaryl/α,β-unsaturated/α-hetero) is 1. The molecule has 0 bridgehead atoms. The molecule has 1 aromatic carbocycles. The maximum atomic E-state index is 11.2. The molecule has 1 heterocycles. The molecule has 1 unspecified atom stereocenters. The second kappa shape index (κ2) is 2.49. The molecule has 1 N–H and O–H groups in total. The molecule has 0 radical (unpaired) electrons. The Hall–Kier alpha value is -1.55. The smallest absolute Gasteiger partial charge is 0.230 e. The van der Waals surface area contributed by atoms with Gasteiger partial charge in [-0.05, 0) is 12.1 Å². The van der Waals surface area contributed by atoms with E-state index in [0.29, 0.717) is 11.3 Å². The van der Waals surface area contributed by atoms with Crippen molar-refractivity contribution in [1.82, 2.24) is 0 Å². The highest BCUT2D eigenvalue weighted by Gasteiger charge is 2.22. The van der Waals surface area contributed by atoms with Crippen molar-refractivity contribution in [2.24, 2.45) is 10.2 Å². The van der Waals surface area contributed by atoms with Gasteiger partial charge in [0.15, 0.2) is 0 Å². The predicted octanol–water partition coefficient (Wildman–Crippen LogP) is 1.28. The van der Waals surface area contributed by atoms with Crippen molar-refractivity contribution in [3.8, 4) is 0 Å². The Morgan fingerprint density at radius 2 is 2.08 bits per heavy atom. The van der Waals surface area contributed by atoms with Gasteiger partial charge in [-0.1, -0.05) is 12.1 Å². The molecule has 0 amide bonds. The summed E-state index contributed by atoms with van der Waals surface area (Å²) in [6, 6.07) is 6.80.